The van der Waals surface area contributed by atoms with Crippen molar-refractivity contribution in [2.75, 3.05) is 0 Å². The van der Waals surface area contributed by atoms with Crippen molar-refractivity contribution < 1.29 is 14.5 Å². The van der Waals surface area contributed by atoms with Crippen LogP contribution in [0.1, 0.15) is 5.56 Å². The van der Waals surface area contributed by atoms with E-state index in [1.54, 1.807) is 17.6 Å². The fraction of sp³-hybridized carbons (Fsp3) is 0. The molecule has 8 heteroatoms. The van der Waals surface area contributed by atoms with E-state index < -0.39 is 16.8 Å². The lowest BCUT2D eigenvalue weighted by atomic mass is 10.2. The van der Waals surface area contributed by atoms with Crippen LogP contribution in [-0.4, -0.2) is 17.2 Å². The van der Waals surface area contributed by atoms with E-state index in [4.69, 9.17) is 5.73 Å². The second-order valence-electron chi connectivity index (χ2n) is 2.66. The first-order valence-corrected chi connectivity index (χ1v) is 4.17. The predicted octanol–water partition coefficient (Wildman–Crippen LogP) is -1.66. The molecule has 0 amide bonds. The van der Waals surface area contributed by atoms with Crippen molar-refractivity contribution in [1.29, 1.82) is 0 Å². The number of hydrogen-bond donors (Lipinski definition) is 3. The lowest BCUT2D eigenvalue weighted by molar-refractivity contribution is -0.528. The van der Waals surface area contributed by atoms with Gasteiger partial charge < -0.3 is 5.73 Å². The molecule has 0 atom stereocenters. The van der Waals surface area contributed by atoms with Gasteiger partial charge in [-0.25, -0.2) is 14.5 Å². The van der Waals surface area contributed by atoms with Gasteiger partial charge in [0, 0.05) is 5.10 Å². The Balaban J connectivity index is 2.68. The summed E-state index contributed by atoms with van der Waals surface area (Å²) in [5.74, 6) is -0.872. The van der Waals surface area contributed by atoms with Gasteiger partial charge in [0.05, 0.1) is 5.56 Å². The number of hydrazine groups is 1. The van der Waals surface area contributed by atoms with E-state index in [0.717, 1.165) is 0 Å². The highest BCUT2D eigenvalue weighted by Crippen LogP contribution is 2.00. The first-order chi connectivity index (χ1) is 7.59. The zero-order chi connectivity index (χ0) is 12.0. The number of benzene rings is 1. The van der Waals surface area contributed by atoms with Crippen LogP contribution < -0.4 is 16.3 Å². The topological polar surface area (TPSA) is 108 Å². The third-order valence-electron chi connectivity index (χ3n) is 1.52. The number of nitrogens with zero attached hydrogens (tertiary/aromatic N) is 2. The van der Waals surface area contributed by atoms with Gasteiger partial charge in [-0.1, -0.05) is 17.6 Å². The molecule has 0 heterocycles. The standard InChI is InChI=1S/C8H8FN5O2/c9-7-4-2-1-3-6(7)5-11-12-8(10)13-14(15)16/h1-5H,(H3,10,12,13)/p+1/b11-5+. The van der Waals surface area contributed by atoms with Gasteiger partial charge in [-0.15, -0.1) is 5.10 Å². The fourth-order valence-corrected chi connectivity index (χ4v) is 0.882. The van der Waals surface area contributed by atoms with Gasteiger partial charge >= 0.3 is 5.96 Å². The van der Waals surface area contributed by atoms with Crippen molar-refractivity contribution in [2.45, 2.75) is 0 Å². The highest BCUT2D eigenvalue weighted by molar-refractivity contribution is 5.77. The normalized spacial score (nSPS) is 11.7. The number of rotatable bonds is 3. The quantitative estimate of drug-likeness (QED) is 0.248. The summed E-state index contributed by atoms with van der Waals surface area (Å²) in [6.07, 6.45) is 1.23. The fourth-order valence-electron chi connectivity index (χ4n) is 0.882. The molecule has 0 aromatic heterocycles. The number of nitrogens with two attached hydrogens (primary N) is 1. The summed E-state index contributed by atoms with van der Waals surface area (Å²) in [6.45, 7) is 0. The Morgan fingerprint density at radius 2 is 2.31 bits per heavy atom. The van der Waals surface area contributed by atoms with Crippen molar-refractivity contribution in [3.8, 4) is 0 Å². The molecule has 7 nitrogen and oxygen atoms in total. The molecule has 0 unspecified atom stereocenters. The summed E-state index contributed by atoms with van der Waals surface area (Å²) in [5, 5.41) is 14.7. The molecule has 0 saturated carbocycles. The average molecular weight is 226 g/mol. The van der Waals surface area contributed by atoms with E-state index >= 15 is 0 Å². The molecule has 0 aliphatic rings. The molecular weight excluding hydrogens is 217 g/mol. The average Bonchev–Trinajstić information content (AvgIpc) is 2.19. The molecule has 4 N–H and O–H groups in total. The van der Waals surface area contributed by atoms with Crippen molar-refractivity contribution >= 4 is 12.2 Å². The highest BCUT2D eigenvalue weighted by Gasteiger charge is 2.02. The monoisotopic (exact) mass is 226 g/mol. The molecule has 0 bridgehead atoms. The van der Waals surface area contributed by atoms with E-state index in [1.807, 2.05) is 0 Å². The van der Waals surface area contributed by atoms with Crippen LogP contribution in [0.25, 0.3) is 0 Å². The maximum atomic E-state index is 13.0. The molecule has 1 rings (SSSR count). The smallest absolute Gasteiger partial charge is 0.319 e. The maximum absolute atomic E-state index is 13.0. The van der Waals surface area contributed by atoms with Gasteiger partial charge in [0.25, 0.3) is 0 Å². The molecule has 0 aliphatic heterocycles. The van der Waals surface area contributed by atoms with Crippen LogP contribution in [0.5, 0.6) is 0 Å². The number of halogens is 1. The van der Waals surface area contributed by atoms with E-state index in [-0.39, 0.29) is 5.56 Å². The maximum Gasteiger partial charge on any atom is 0.319 e. The van der Waals surface area contributed by atoms with Crippen LogP contribution in [0.3, 0.4) is 0 Å². The number of nitrogens with one attached hydrogen (secondary N) is 2. The third kappa shape index (κ3) is 3.70. The molecule has 0 fully saturated rings. The van der Waals surface area contributed by atoms with Crippen LogP contribution in [0.4, 0.5) is 4.39 Å². The van der Waals surface area contributed by atoms with E-state index in [0.29, 0.717) is 0 Å². The summed E-state index contributed by atoms with van der Waals surface area (Å²) in [6, 6.07) is 5.96. The first-order valence-electron chi connectivity index (χ1n) is 4.17. The van der Waals surface area contributed by atoms with Crippen LogP contribution in [0, 0.1) is 15.9 Å². The SMILES string of the molecule is NC(=N/[NH+]=C/c1ccccc1F)N[N+](=O)[O-]. The molecule has 16 heavy (non-hydrogen) atoms. The van der Waals surface area contributed by atoms with E-state index in [1.165, 1.54) is 18.3 Å². The molecular formula is C8H9FN5O2+. The molecule has 0 saturated heterocycles. The minimum absolute atomic E-state index is 0.264. The lowest BCUT2D eigenvalue weighted by Gasteiger charge is -1.90. The Morgan fingerprint density at radius 3 is 2.94 bits per heavy atom. The molecule has 1 aromatic carbocycles. The Kier molecular flexibility index (Phi) is 3.90. The van der Waals surface area contributed by atoms with Gasteiger partial charge in [-0.3, -0.25) is 0 Å². The minimum atomic E-state index is -0.858. The van der Waals surface area contributed by atoms with Crippen molar-refractivity contribution in [3.63, 3.8) is 0 Å². The Bertz CT molecular complexity index is 446. The van der Waals surface area contributed by atoms with Crippen molar-refractivity contribution in [2.24, 2.45) is 10.8 Å². The predicted molar refractivity (Wildman–Crippen MR) is 54.3 cm³/mol. The Hall–Kier alpha value is -2.51. The van der Waals surface area contributed by atoms with Crippen LogP contribution in [-0.2, 0) is 0 Å². The van der Waals surface area contributed by atoms with E-state index in [9.17, 15) is 14.5 Å². The largest absolute Gasteiger partial charge is 0.360 e. The first kappa shape index (κ1) is 11.6. The minimum Gasteiger partial charge on any atom is -0.360 e. The molecule has 0 radical (unpaired) electrons. The second kappa shape index (κ2) is 5.39. The second-order valence-corrected chi connectivity index (χ2v) is 2.66. The summed E-state index contributed by atoms with van der Waals surface area (Å²) in [7, 11) is 0. The number of nitro groups is 1. The highest BCUT2D eigenvalue weighted by atomic mass is 19.1. The van der Waals surface area contributed by atoms with Crippen LogP contribution >= 0.6 is 0 Å². The lowest BCUT2D eigenvalue weighted by Crippen LogP contribution is -2.64. The summed E-state index contributed by atoms with van der Waals surface area (Å²) >= 11 is 0. The van der Waals surface area contributed by atoms with Crippen LogP contribution in [0.15, 0.2) is 29.4 Å². The number of hydrazone groups is 1. The Morgan fingerprint density at radius 1 is 1.62 bits per heavy atom. The van der Waals surface area contributed by atoms with Gasteiger partial charge in [0.15, 0.2) is 5.03 Å². The van der Waals surface area contributed by atoms with Crippen molar-refractivity contribution in [3.05, 3.63) is 45.8 Å². The van der Waals surface area contributed by atoms with Crippen molar-refractivity contribution in [1.82, 2.24) is 5.43 Å². The summed E-state index contributed by atoms with van der Waals surface area (Å²) < 4.78 is 13.0. The van der Waals surface area contributed by atoms with E-state index in [2.05, 4.69) is 10.2 Å². The molecule has 0 spiro atoms. The molecule has 1 aromatic rings. The molecule has 84 valence electrons. The number of guanidine groups is 1. The zero-order valence-corrected chi connectivity index (χ0v) is 8.05. The summed E-state index contributed by atoms with van der Waals surface area (Å²) in [4.78, 5) is 9.93. The van der Waals surface area contributed by atoms with Gasteiger partial charge in [-0.05, 0) is 12.1 Å². The third-order valence-corrected chi connectivity index (χ3v) is 1.52. The zero-order valence-electron chi connectivity index (χ0n) is 8.05. The Labute approximate surface area is 89.6 Å². The van der Waals surface area contributed by atoms with Gasteiger partial charge in [-0.2, -0.15) is 0 Å². The summed E-state index contributed by atoms with van der Waals surface area (Å²) in [5.41, 5.74) is 6.98. The van der Waals surface area contributed by atoms with Crippen LogP contribution in [0.2, 0.25) is 0 Å². The van der Waals surface area contributed by atoms with Gasteiger partial charge in [0.2, 0.25) is 6.21 Å². The molecule has 0 aliphatic carbocycles. The van der Waals surface area contributed by atoms with Gasteiger partial charge in [0.1, 0.15) is 5.82 Å². The number of hydrogen-bond acceptors (Lipinski definition) is 3.